The zero-order chi connectivity index (χ0) is 25.1. The summed E-state index contributed by atoms with van der Waals surface area (Å²) >= 11 is 0. The van der Waals surface area contributed by atoms with Gasteiger partial charge in [-0.1, -0.05) is 36.4 Å². The number of para-hydroxylation sites is 2. The molecule has 6 aromatic rings. The van der Waals surface area contributed by atoms with Crippen LogP contribution in [0.4, 0.5) is 4.79 Å². The molecule has 0 bridgehead atoms. The van der Waals surface area contributed by atoms with Gasteiger partial charge in [-0.05, 0) is 12.1 Å². The van der Waals surface area contributed by atoms with E-state index in [1.807, 2.05) is 12.3 Å². The largest absolute Gasteiger partial charge is 0.494 e. The van der Waals surface area contributed by atoms with Crippen molar-refractivity contribution in [3.8, 4) is 5.88 Å². The Labute approximate surface area is 212 Å². The van der Waals surface area contributed by atoms with E-state index in [2.05, 4.69) is 61.9 Å². The van der Waals surface area contributed by atoms with Gasteiger partial charge in [0.2, 0.25) is 0 Å². The second-order valence-electron chi connectivity index (χ2n) is 9.73. The first kappa shape index (κ1) is 22.1. The average molecular weight is 497 g/mol. The fraction of sp³-hybridized carbons (Fsp3) is 0.276. The Morgan fingerprint density at radius 1 is 0.946 bits per heavy atom. The van der Waals surface area contributed by atoms with Crippen molar-refractivity contribution in [1.29, 1.82) is 0 Å². The van der Waals surface area contributed by atoms with Gasteiger partial charge in [-0.2, -0.15) is 0 Å². The molecule has 37 heavy (non-hydrogen) atoms. The number of fused-ring (bicyclic) bond motifs is 9. The van der Waals surface area contributed by atoms with Gasteiger partial charge in [0.1, 0.15) is 6.10 Å². The molecule has 1 atom stereocenters. The topological polar surface area (TPSA) is 93.4 Å². The van der Waals surface area contributed by atoms with Gasteiger partial charge in [0, 0.05) is 83.7 Å². The summed E-state index contributed by atoms with van der Waals surface area (Å²) in [6, 6.07) is 16.8. The van der Waals surface area contributed by atoms with Crippen molar-refractivity contribution in [2.75, 3.05) is 20.3 Å². The molecule has 188 valence electrons. The molecule has 0 radical (unpaired) electrons. The van der Waals surface area contributed by atoms with Gasteiger partial charge in [0.25, 0.3) is 0 Å². The molecule has 0 saturated carbocycles. The minimum absolute atomic E-state index is 0.186. The molecule has 1 aliphatic rings. The molecule has 8 nitrogen and oxygen atoms in total. The summed E-state index contributed by atoms with van der Waals surface area (Å²) in [6.45, 7) is 2.25. The second-order valence-corrected chi connectivity index (χ2v) is 9.73. The Balaban J connectivity index is 1.51. The number of aromatic hydroxyl groups is 1. The third kappa shape index (κ3) is 3.22. The Hall–Kier alpha value is -4.17. The first-order valence-corrected chi connectivity index (χ1v) is 12.7. The Morgan fingerprint density at radius 3 is 2.24 bits per heavy atom. The van der Waals surface area contributed by atoms with Gasteiger partial charge in [-0.25, -0.2) is 4.79 Å². The van der Waals surface area contributed by atoms with E-state index in [-0.39, 0.29) is 12.0 Å². The summed E-state index contributed by atoms with van der Waals surface area (Å²) in [4.78, 5) is 15.6. The fourth-order valence-electron chi connectivity index (χ4n) is 6.21. The number of ether oxygens (including phenoxy) is 2. The van der Waals surface area contributed by atoms with Crippen molar-refractivity contribution in [3.63, 3.8) is 0 Å². The number of carbonyl (C=O) groups is 1. The van der Waals surface area contributed by atoms with E-state index in [9.17, 15) is 9.90 Å². The van der Waals surface area contributed by atoms with Gasteiger partial charge in [0.05, 0.1) is 23.0 Å². The molecule has 1 amide bonds. The lowest BCUT2D eigenvalue weighted by atomic mass is 10.0. The number of benzene rings is 3. The van der Waals surface area contributed by atoms with Gasteiger partial charge >= 0.3 is 6.09 Å². The quantitative estimate of drug-likeness (QED) is 0.276. The maximum atomic E-state index is 12.5. The highest BCUT2D eigenvalue weighted by molar-refractivity contribution is 6.36. The number of methoxy groups -OCH3 is 1. The predicted molar refractivity (Wildman–Crippen MR) is 145 cm³/mol. The van der Waals surface area contributed by atoms with Gasteiger partial charge in [0.15, 0.2) is 5.88 Å². The number of H-pyrrole nitrogens is 1. The standard InChI is InChI=1S/C29H28N4O4/c1-36-15-12-30-29(35)37-17-10-13-32-21-8-4-2-6-18(21)23-20-16-31-28(34)25(20)24-19-7-3-5-9-22(19)33(14-11-17)27(24)26(23)32/h2-9,16-17,31,34H,10-15H2,1H3,(H,30,35). The van der Waals surface area contributed by atoms with Crippen LogP contribution in [-0.2, 0) is 22.6 Å². The molecule has 7 rings (SSSR count). The number of hydrogen-bond donors (Lipinski definition) is 3. The summed E-state index contributed by atoms with van der Waals surface area (Å²) in [6.07, 6.45) is 2.65. The van der Waals surface area contributed by atoms with E-state index in [1.165, 1.54) is 0 Å². The lowest BCUT2D eigenvalue weighted by Gasteiger charge is -2.19. The molecule has 3 aromatic carbocycles. The molecule has 0 aliphatic carbocycles. The molecular formula is C29H28N4O4. The number of hydrogen-bond acceptors (Lipinski definition) is 4. The summed E-state index contributed by atoms with van der Waals surface area (Å²) in [7, 11) is 1.61. The van der Waals surface area contributed by atoms with E-state index >= 15 is 0 Å². The maximum absolute atomic E-state index is 12.5. The number of amides is 1. The summed E-state index contributed by atoms with van der Waals surface area (Å²) in [5.41, 5.74) is 4.51. The molecule has 1 unspecified atom stereocenters. The smallest absolute Gasteiger partial charge is 0.407 e. The van der Waals surface area contributed by atoms with Crippen LogP contribution in [0.15, 0.2) is 54.7 Å². The van der Waals surface area contributed by atoms with Crippen molar-refractivity contribution < 1.29 is 19.4 Å². The van der Waals surface area contributed by atoms with E-state index in [0.29, 0.717) is 39.1 Å². The molecule has 3 aromatic heterocycles. The highest BCUT2D eigenvalue weighted by Crippen LogP contribution is 2.47. The summed E-state index contributed by atoms with van der Waals surface area (Å²) in [5, 5.41) is 20.1. The van der Waals surface area contributed by atoms with Crippen LogP contribution in [-0.4, -0.2) is 51.7 Å². The zero-order valence-corrected chi connectivity index (χ0v) is 20.6. The lowest BCUT2D eigenvalue weighted by molar-refractivity contribution is 0.0809. The van der Waals surface area contributed by atoms with Crippen molar-refractivity contribution in [2.24, 2.45) is 0 Å². The van der Waals surface area contributed by atoms with Crippen LogP contribution < -0.4 is 5.32 Å². The highest BCUT2D eigenvalue weighted by atomic mass is 16.6. The van der Waals surface area contributed by atoms with Crippen molar-refractivity contribution >= 4 is 60.5 Å². The molecule has 0 saturated heterocycles. The third-order valence-electron chi connectivity index (χ3n) is 7.74. The number of aromatic nitrogens is 3. The van der Waals surface area contributed by atoms with Crippen molar-refractivity contribution in [2.45, 2.75) is 32.0 Å². The first-order chi connectivity index (χ1) is 18.2. The Morgan fingerprint density at radius 2 is 1.57 bits per heavy atom. The van der Waals surface area contributed by atoms with Crippen LogP contribution >= 0.6 is 0 Å². The van der Waals surface area contributed by atoms with Gasteiger partial charge in [-0.15, -0.1) is 0 Å². The highest BCUT2D eigenvalue weighted by Gasteiger charge is 2.27. The first-order valence-electron chi connectivity index (χ1n) is 12.7. The molecule has 8 heteroatoms. The number of aryl methyl sites for hydroxylation is 2. The predicted octanol–water partition coefficient (Wildman–Crippen LogP) is 5.62. The molecule has 0 fully saturated rings. The molecular weight excluding hydrogens is 468 g/mol. The zero-order valence-electron chi connectivity index (χ0n) is 20.6. The van der Waals surface area contributed by atoms with Crippen molar-refractivity contribution in [3.05, 3.63) is 54.7 Å². The number of nitrogens with one attached hydrogen (secondary N) is 2. The number of alkyl carbamates (subject to hydrolysis) is 1. The van der Waals surface area contributed by atoms with Crippen LogP contribution in [0.5, 0.6) is 5.88 Å². The minimum atomic E-state index is -0.414. The maximum Gasteiger partial charge on any atom is 0.407 e. The summed E-state index contributed by atoms with van der Waals surface area (Å²) < 4.78 is 15.7. The monoisotopic (exact) mass is 496 g/mol. The van der Waals surface area contributed by atoms with E-state index < -0.39 is 6.09 Å². The van der Waals surface area contributed by atoms with E-state index in [0.717, 1.165) is 54.4 Å². The Kier molecular flexibility index (Phi) is 5.04. The average Bonchev–Trinajstić information content (AvgIpc) is 3.56. The summed E-state index contributed by atoms with van der Waals surface area (Å²) in [5.74, 6) is 0.186. The number of aromatic amines is 1. The van der Waals surface area contributed by atoms with Crippen LogP contribution in [0, 0.1) is 0 Å². The van der Waals surface area contributed by atoms with Gasteiger partial charge in [-0.3, -0.25) is 0 Å². The Bertz CT molecular complexity index is 1830. The van der Waals surface area contributed by atoms with E-state index in [1.54, 1.807) is 7.11 Å². The second kappa shape index (κ2) is 8.45. The lowest BCUT2D eigenvalue weighted by Crippen LogP contribution is -2.32. The number of nitrogens with zero attached hydrogens (tertiary/aromatic N) is 2. The molecule has 3 N–H and O–H groups in total. The van der Waals surface area contributed by atoms with E-state index in [4.69, 9.17) is 9.47 Å². The van der Waals surface area contributed by atoms with Gasteiger partial charge < -0.3 is 34.0 Å². The minimum Gasteiger partial charge on any atom is -0.494 e. The molecule has 0 spiro atoms. The SMILES string of the molecule is COCCNC(=O)OC1CCn2c3ccccc3c3c4c[nH]c(O)c4c4c5ccccc5n(c4c32)CC1. The van der Waals surface area contributed by atoms with Crippen molar-refractivity contribution in [1.82, 2.24) is 19.4 Å². The third-order valence-corrected chi connectivity index (χ3v) is 7.74. The fourth-order valence-corrected chi connectivity index (χ4v) is 6.21. The number of rotatable bonds is 4. The van der Waals surface area contributed by atoms with Crippen LogP contribution in [0.1, 0.15) is 12.8 Å². The number of carbonyl (C=O) groups excluding carboxylic acids is 1. The molecule has 4 heterocycles. The van der Waals surface area contributed by atoms with Crippen LogP contribution in [0.3, 0.4) is 0 Å². The van der Waals surface area contributed by atoms with Crippen LogP contribution in [0.25, 0.3) is 54.4 Å². The molecule has 1 aliphatic heterocycles. The van der Waals surface area contributed by atoms with Crippen LogP contribution in [0.2, 0.25) is 0 Å². The normalized spacial score (nSPS) is 16.1.